The van der Waals surface area contributed by atoms with Crippen LogP contribution >= 0.6 is 11.6 Å². The third kappa shape index (κ3) is 2.71. The van der Waals surface area contributed by atoms with Crippen LogP contribution in [0.4, 0.5) is 11.6 Å². The molecule has 0 fully saturated rings. The molecule has 0 atom stereocenters. The molecule has 2 aromatic heterocycles. The van der Waals surface area contributed by atoms with Crippen LogP contribution in [0.3, 0.4) is 0 Å². The number of benzene rings is 1. The number of aromatic amines is 1. The number of allylic oxidation sites excluding steroid dienone is 4. The first-order chi connectivity index (χ1) is 11.3. The van der Waals surface area contributed by atoms with Crippen molar-refractivity contribution in [2.24, 2.45) is 0 Å². The highest BCUT2D eigenvalue weighted by molar-refractivity contribution is 6.37. The van der Waals surface area contributed by atoms with Crippen LogP contribution < -0.4 is 5.32 Å². The number of nitrogens with zero attached hydrogens (tertiary/aromatic N) is 3. The minimum absolute atomic E-state index is 0.526. The van der Waals surface area contributed by atoms with E-state index in [0.717, 1.165) is 40.2 Å². The molecule has 1 aliphatic carbocycles. The summed E-state index contributed by atoms with van der Waals surface area (Å²) < 4.78 is 0. The topological polar surface area (TPSA) is 66.5 Å². The molecule has 0 saturated heterocycles. The average Bonchev–Trinajstić information content (AvgIpc) is 2.99. The van der Waals surface area contributed by atoms with Gasteiger partial charge in [-0.3, -0.25) is 5.10 Å². The molecule has 0 amide bonds. The van der Waals surface area contributed by atoms with Gasteiger partial charge in [-0.2, -0.15) is 10.1 Å². The first kappa shape index (κ1) is 14.0. The van der Waals surface area contributed by atoms with Crippen molar-refractivity contribution < 1.29 is 0 Å². The molecule has 0 radical (unpaired) electrons. The standard InChI is InChI=1S/C17H14ClN5/c18-14-9-5-4-8-12(14)15-13-10-19-17(21-16(13)23-22-15)20-11-6-2-1-3-7-11/h1-3,6-10H,4-5H2,(H2,19,20,21,22,23). The molecule has 1 aromatic carbocycles. The van der Waals surface area contributed by atoms with E-state index in [2.05, 4.69) is 31.6 Å². The molecule has 1 aliphatic rings. The Bertz CT molecular complexity index is 911. The second-order valence-electron chi connectivity index (χ2n) is 5.27. The number of anilines is 2. The van der Waals surface area contributed by atoms with Crippen LogP contribution in [0.15, 0.2) is 53.7 Å². The Morgan fingerprint density at radius 2 is 1.91 bits per heavy atom. The number of para-hydroxylation sites is 1. The molecule has 5 nitrogen and oxygen atoms in total. The van der Waals surface area contributed by atoms with Crippen LogP contribution in [0.25, 0.3) is 16.6 Å². The molecule has 0 bridgehead atoms. The number of rotatable bonds is 3. The van der Waals surface area contributed by atoms with Crippen LogP contribution in [0.2, 0.25) is 0 Å². The zero-order chi connectivity index (χ0) is 15.6. The monoisotopic (exact) mass is 323 g/mol. The van der Waals surface area contributed by atoms with E-state index in [-0.39, 0.29) is 0 Å². The van der Waals surface area contributed by atoms with Gasteiger partial charge in [-0.25, -0.2) is 4.98 Å². The minimum Gasteiger partial charge on any atom is -0.324 e. The Kier molecular flexibility index (Phi) is 3.55. The summed E-state index contributed by atoms with van der Waals surface area (Å²) in [6, 6.07) is 9.80. The molecule has 2 N–H and O–H groups in total. The summed E-state index contributed by atoms with van der Waals surface area (Å²) in [5.41, 5.74) is 3.36. The van der Waals surface area contributed by atoms with Crippen LogP contribution in [0.1, 0.15) is 18.5 Å². The highest BCUT2D eigenvalue weighted by Crippen LogP contribution is 2.33. The smallest absolute Gasteiger partial charge is 0.229 e. The summed E-state index contributed by atoms with van der Waals surface area (Å²) in [5.74, 6) is 0.526. The molecular weight excluding hydrogens is 310 g/mol. The number of fused-ring (bicyclic) bond motifs is 1. The van der Waals surface area contributed by atoms with Gasteiger partial charge in [0.2, 0.25) is 5.95 Å². The third-order valence-electron chi connectivity index (χ3n) is 3.70. The van der Waals surface area contributed by atoms with Gasteiger partial charge in [-0.05, 0) is 25.0 Å². The quantitative estimate of drug-likeness (QED) is 0.750. The number of hydrogen-bond acceptors (Lipinski definition) is 4. The van der Waals surface area contributed by atoms with E-state index in [0.29, 0.717) is 11.6 Å². The number of nitrogens with one attached hydrogen (secondary N) is 2. The highest BCUT2D eigenvalue weighted by atomic mass is 35.5. The van der Waals surface area contributed by atoms with Crippen LogP contribution in [0.5, 0.6) is 0 Å². The zero-order valence-corrected chi connectivity index (χ0v) is 13.0. The van der Waals surface area contributed by atoms with E-state index < -0.39 is 0 Å². The lowest BCUT2D eigenvalue weighted by molar-refractivity contribution is 1.02. The molecule has 2 heterocycles. The summed E-state index contributed by atoms with van der Waals surface area (Å²) in [5, 5.41) is 12.1. The SMILES string of the molecule is ClC1=CCCC=C1c1n[nH]c2nc(Nc3ccccc3)ncc12. The zero-order valence-electron chi connectivity index (χ0n) is 12.3. The van der Waals surface area contributed by atoms with Gasteiger partial charge in [0, 0.05) is 22.5 Å². The van der Waals surface area contributed by atoms with Crippen molar-refractivity contribution in [2.45, 2.75) is 12.8 Å². The van der Waals surface area contributed by atoms with Gasteiger partial charge in [0.1, 0.15) is 5.69 Å². The van der Waals surface area contributed by atoms with Gasteiger partial charge in [0.25, 0.3) is 0 Å². The fraction of sp³-hybridized carbons (Fsp3) is 0.118. The molecule has 0 aliphatic heterocycles. The fourth-order valence-corrected chi connectivity index (χ4v) is 2.86. The maximum Gasteiger partial charge on any atom is 0.229 e. The molecular formula is C17H14ClN5. The molecule has 114 valence electrons. The second kappa shape index (κ2) is 5.85. The van der Waals surface area contributed by atoms with E-state index in [4.69, 9.17) is 11.6 Å². The lowest BCUT2D eigenvalue weighted by Gasteiger charge is -2.08. The van der Waals surface area contributed by atoms with E-state index >= 15 is 0 Å². The molecule has 23 heavy (non-hydrogen) atoms. The molecule has 4 rings (SSSR count). The van der Waals surface area contributed by atoms with Crippen molar-refractivity contribution in [3.63, 3.8) is 0 Å². The Balaban J connectivity index is 1.69. The van der Waals surface area contributed by atoms with Crippen LogP contribution in [-0.4, -0.2) is 20.2 Å². The summed E-state index contributed by atoms with van der Waals surface area (Å²) in [7, 11) is 0. The summed E-state index contributed by atoms with van der Waals surface area (Å²) in [6.45, 7) is 0. The lowest BCUT2D eigenvalue weighted by atomic mass is 10.0. The molecule has 0 spiro atoms. The maximum absolute atomic E-state index is 6.30. The van der Waals surface area contributed by atoms with Crippen LogP contribution in [-0.2, 0) is 0 Å². The third-order valence-corrected chi connectivity index (χ3v) is 4.06. The molecule has 0 unspecified atom stereocenters. The van der Waals surface area contributed by atoms with E-state index in [1.165, 1.54) is 0 Å². The van der Waals surface area contributed by atoms with Crippen molar-refractivity contribution in [1.82, 2.24) is 20.2 Å². The predicted molar refractivity (Wildman–Crippen MR) is 92.6 cm³/mol. The molecule has 0 saturated carbocycles. The van der Waals surface area contributed by atoms with E-state index in [9.17, 15) is 0 Å². The van der Waals surface area contributed by atoms with Gasteiger partial charge < -0.3 is 5.32 Å². The van der Waals surface area contributed by atoms with Gasteiger partial charge in [-0.15, -0.1) is 0 Å². The molecule has 6 heteroatoms. The second-order valence-corrected chi connectivity index (χ2v) is 5.67. The predicted octanol–water partition coefficient (Wildman–Crippen LogP) is 4.40. The Hall–Kier alpha value is -2.66. The van der Waals surface area contributed by atoms with Gasteiger partial charge in [-0.1, -0.05) is 42.0 Å². The van der Waals surface area contributed by atoms with Crippen LogP contribution in [0, 0.1) is 0 Å². The lowest BCUT2D eigenvalue weighted by Crippen LogP contribution is -1.97. The first-order valence-corrected chi connectivity index (χ1v) is 7.79. The Morgan fingerprint density at radius 1 is 1.09 bits per heavy atom. The number of hydrogen-bond donors (Lipinski definition) is 2. The van der Waals surface area contributed by atoms with Gasteiger partial charge in [0.05, 0.1) is 5.39 Å². The van der Waals surface area contributed by atoms with Gasteiger partial charge >= 0.3 is 0 Å². The largest absolute Gasteiger partial charge is 0.324 e. The maximum atomic E-state index is 6.30. The number of H-pyrrole nitrogens is 1. The fourth-order valence-electron chi connectivity index (χ4n) is 2.58. The Labute approximate surface area is 138 Å². The van der Waals surface area contributed by atoms with Crippen molar-refractivity contribution in [3.8, 4) is 0 Å². The number of halogens is 1. The average molecular weight is 324 g/mol. The number of aromatic nitrogens is 4. The summed E-state index contributed by atoms with van der Waals surface area (Å²) >= 11 is 6.30. The normalized spacial score (nSPS) is 14.5. The summed E-state index contributed by atoms with van der Waals surface area (Å²) in [4.78, 5) is 8.86. The minimum atomic E-state index is 0.526. The summed E-state index contributed by atoms with van der Waals surface area (Å²) in [6.07, 6.45) is 7.82. The van der Waals surface area contributed by atoms with E-state index in [1.54, 1.807) is 6.20 Å². The Morgan fingerprint density at radius 3 is 2.74 bits per heavy atom. The van der Waals surface area contributed by atoms with E-state index in [1.807, 2.05) is 36.4 Å². The van der Waals surface area contributed by atoms with Crippen molar-refractivity contribution in [1.29, 1.82) is 0 Å². The van der Waals surface area contributed by atoms with Crippen molar-refractivity contribution in [2.75, 3.05) is 5.32 Å². The van der Waals surface area contributed by atoms with Crippen molar-refractivity contribution in [3.05, 3.63) is 59.4 Å². The highest BCUT2D eigenvalue weighted by Gasteiger charge is 2.16. The van der Waals surface area contributed by atoms with Gasteiger partial charge in [0.15, 0.2) is 5.65 Å². The molecule has 3 aromatic rings. The first-order valence-electron chi connectivity index (χ1n) is 7.41. The van der Waals surface area contributed by atoms with Crippen molar-refractivity contribution >= 4 is 39.8 Å².